The van der Waals surface area contributed by atoms with E-state index in [1.807, 2.05) is 35.1 Å². The van der Waals surface area contributed by atoms with Crippen LogP contribution < -0.4 is 20.5 Å². The monoisotopic (exact) mass is 399 g/mol. The van der Waals surface area contributed by atoms with Crippen LogP contribution in [0.15, 0.2) is 41.7 Å². The van der Waals surface area contributed by atoms with Gasteiger partial charge in [-0.15, -0.1) is 0 Å². The number of benzene rings is 1. The second-order valence-electron chi connectivity index (χ2n) is 8.40. The maximum absolute atomic E-state index is 6.21. The first-order valence-corrected chi connectivity index (χ1v) is 10.1. The highest BCUT2D eigenvalue weighted by Crippen LogP contribution is 2.39. The van der Waals surface area contributed by atoms with Crippen molar-refractivity contribution < 1.29 is 14.2 Å². The summed E-state index contributed by atoms with van der Waals surface area (Å²) in [5.41, 5.74) is 6.80. The molecule has 1 saturated carbocycles. The Morgan fingerprint density at radius 1 is 1.28 bits per heavy atom. The zero-order valence-corrected chi connectivity index (χ0v) is 17.2. The third kappa shape index (κ3) is 4.64. The van der Waals surface area contributed by atoms with Crippen molar-refractivity contribution >= 4 is 11.6 Å². The van der Waals surface area contributed by atoms with E-state index in [-0.39, 0.29) is 23.8 Å². The second kappa shape index (κ2) is 7.94. The Balaban J connectivity index is 1.46. The normalized spacial score (nSPS) is 24.5. The lowest BCUT2D eigenvalue weighted by molar-refractivity contribution is -0.128. The summed E-state index contributed by atoms with van der Waals surface area (Å²) in [6, 6.07) is 7.61. The van der Waals surface area contributed by atoms with Crippen molar-refractivity contribution in [1.82, 2.24) is 9.78 Å². The number of hydrogen-bond acceptors (Lipinski definition) is 5. The molecule has 1 fully saturated rings. The molecule has 0 radical (unpaired) electrons. The molecular weight excluding hydrogens is 370 g/mol. The molecule has 1 aromatic heterocycles. The number of aromatic nitrogens is 2. The molecule has 1 aliphatic carbocycles. The molecule has 1 aliphatic heterocycles. The van der Waals surface area contributed by atoms with Crippen molar-refractivity contribution in [2.45, 2.75) is 57.4 Å². The van der Waals surface area contributed by atoms with Crippen LogP contribution in [-0.4, -0.2) is 46.7 Å². The summed E-state index contributed by atoms with van der Waals surface area (Å²) in [5.74, 6) is 1.83. The number of ether oxygens (including phenoxy) is 3. The summed E-state index contributed by atoms with van der Waals surface area (Å²) in [6.07, 6.45) is 5.43. The molecule has 4 rings (SSSR count). The van der Waals surface area contributed by atoms with Crippen LogP contribution >= 0.6 is 0 Å². The Morgan fingerprint density at radius 3 is 2.79 bits per heavy atom. The van der Waals surface area contributed by atoms with Gasteiger partial charge in [0.05, 0.1) is 31.0 Å². The molecule has 8 nitrogen and oxygen atoms in total. The van der Waals surface area contributed by atoms with Crippen molar-refractivity contribution in [3.8, 4) is 11.5 Å². The highest BCUT2D eigenvalue weighted by atomic mass is 16.5. The quantitative estimate of drug-likeness (QED) is 0.606. The van der Waals surface area contributed by atoms with Gasteiger partial charge >= 0.3 is 0 Å². The number of aliphatic imine (C=N–C) groups is 1. The molecule has 3 N–H and O–H groups in total. The summed E-state index contributed by atoms with van der Waals surface area (Å²) in [5, 5.41) is 7.56. The summed E-state index contributed by atoms with van der Waals surface area (Å²) in [4.78, 5) is 4.70. The number of nitrogens with two attached hydrogens (primary N) is 1. The molecule has 1 aromatic carbocycles. The van der Waals surface area contributed by atoms with Gasteiger partial charge in [-0.25, -0.2) is 4.99 Å². The summed E-state index contributed by atoms with van der Waals surface area (Å²) in [7, 11) is 0. The molecule has 3 unspecified atom stereocenters. The minimum absolute atomic E-state index is 0.00448. The van der Waals surface area contributed by atoms with E-state index >= 15 is 0 Å². The predicted octanol–water partition coefficient (Wildman–Crippen LogP) is 2.97. The van der Waals surface area contributed by atoms with E-state index in [0.29, 0.717) is 19.2 Å². The predicted molar refractivity (Wildman–Crippen MR) is 112 cm³/mol. The minimum Gasteiger partial charge on any atom is -0.490 e. The lowest BCUT2D eigenvalue weighted by Gasteiger charge is -2.45. The van der Waals surface area contributed by atoms with E-state index in [2.05, 4.69) is 31.2 Å². The SMILES string of the molecule is CC(C)(C)OC1CC(N=C(N)Nc2ccc3c(c2)OCCCO3)C1n1cccn1. The number of anilines is 1. The van der Waals surface area contributed by atoms with Crippen LogP contribution in [0.1, 0.15) is 39.7 Å². The first-order chi connectivity index (χ1) is 13.9. The molecule has 0 amide bonds. The van der Waals surface area contributed by atoms with Crippen LogP contribution in [0.5, 0.6) is 11.5 Å². The second-order valence-corrected chi connectivity index (χ2v) is 8.40. The highest BCUT2D eigenvalue weighted by molar-refractivity contribution is 5.92. The summed E-state index contributed by atoms with van der Waals surface area (Å²) >= 11 is 0. The molecule has 2 aliphatic rings. The van der Waals surface area contributed by atoms with Crippen molar-refractivity contribution in [1.29, 1.82) is 0 Å². The third-order valence-electron chi connectivity index (χ3n) is 4.91. The van der Waals surface area contributed by atoms with Gasteiger partial charge in [-0.2, -0.15) is 5.10 Å². The van der Waals surface area contributed by atoms with Crippen molar-refractivity contribution in [3.05, 3.63) is 36.7 Å². The fraction of sp³-hybridized carbons (Fsp3) is 0.524. The molecule has 2 heterocycles. The summed E-state index contributed by atoms with van der Waals surface area (Å²) < 4.78 is 19.5. The van der Waals surface area contributed by atoms with E-state index < -0.39 is 0 Å². The maximum atomic E-state index is 6.21. The number of nitrogens with zero attached hydrogens (tertiary/aromatic N) is 3. The van der Waals surface area contributed by atoms with Gasteiger partial charge in [-0.3, -0.25) is 4.68 Å². The molecule has 8 heteroatoms. The van der Waals surface area contributed by atoms with Crippen molar-refractivity contribution in [3.63, 3.8) is 0 Å². The maximum Gasteiger partial charge on any atom is 0.193 e. The van der Waals surface area contributed by atoms with Crippen molar-refractivity contribution in [2.24, 2.45) is 10.7 Å². The fourth-order valence-corrected chi connectivity index (χ4v) is 3.67. The van der Waals surface area contributed by atoms with Crippen LogP contribution in [0.4, 0.5) is 5.69 Å². The van der Waals surface area contributed by atoms with Crippen LogP contribution in [0.25, 0.3) is 0 Å². The van der Waals surface area contributed by atoms with Crippen molar-refractivity contribution in [2.75, 3.05) is 18.5 Å². The van der Waals surface area contributed by atoms with Gasteiger partial charge in [-0.1, -0.05) is 0 Å². The van der Waals surface area contributed by atoms with Crippen LogP contribution in [0.3, 0.4) is 0 Å². The largest absolute Gasteiger partial charge is 0.490 e. The Bertz CT molecular complexity index is 860. The summed E-state index contributed by atoms with van der Waals surface area (Å²) in [6.45, 7) is 7.48. The van der Waals surface area contributed by atoms with Gasteiger partial charge in [0.15, 0.2) is 17.5 Å². The van der Waals surface area contributed by atoms with E-state index in [1.54, 1.807) is 6.20 Å². The number of rotatable bonds is 4. The zero-order valence-electron chi connectivity index (χ0n) is 17.2. The van der Waals surface area contributed by atoms with Crippen LogP contribution in [0.2, 0.25) is 0 Å². The van der Waals surface area contributed by atoms with E-state index in [1.165, 1.54) is 0 Å². The third-order valence-corrected chi connectivity index (χ3v) is 4.91. The van der Waals surface area contributed by atoms with E-state index in [0.717, 1.165) is 30.0 Å². The molecule has 3 atom stereocenters. The number of nitrogens with one attached hydrogen (secondary N) is 1. The van der Waals surface area contributed by atoms with Gasteiger partial charge in [0, 0.05) is 37.0 Å². The smallest absolute Gasteiger partial charge is 0.193 e. The van der Waals surface area contributed by atoms with Gasteiger partial charge in [-0.05, 0) is 39.0 Å². The van der Waals surface area contributed by atoms with Gasteiger partial charge in [0.2, 0.25) is 0 Å². The van der Waals surface area contributed by atoms with Gasteiger partial charge in [0.1, 0.15) is 6.04 Å². The van der Waals surface area contributed by atoms with E-state index in [9.17, 15) is 0 Å². The first kappa shape index (κ1) is 19.6. The van der Waals surface area contributed by atoms with Gasteiger partial charge in [0.25, 0.3) is 0 Å². The van der Waals surface area contributed by atoms with Crippen LogP contribution in [-0.2, 0) is 4.74 Å². The Labute approximate surface area is 171 Å². The van der Waals surface area contributed by atoms with E-state index in [4.69, 9.17) is 24.9 Å². The molecule has 0 bridgehead atoms. The first-order valence-electron chi connectivity index (χ1n) is 10.1. The molecule has 0 spiro atoms. The zero-order chi connectivity index (χ0) is 20.4. The highest BCUT2D eigenvalue weighted by Gasteiger charge is 2.45. The number of fused-ring (bicyclic) bond motifs is 1. The minimum atomic E-state index is -0.224. The lowest BCUT2D eigenvalue weighted by atomic mass is 9.82. The lowest BCUT2D eigenvalue weighted by Crippen LogP contribution is -2.51. The molecule has 29 heavy (non-hydrogen) atoms. The Kier molecular flexibility index (Phi) is 5.36. The van der Waals surface area contributed by atoms with Gasteiger partial charge < -0.3 is 25.3 Å². The van der Waals surface area contributed by atoms with Crippen LogP contribution in [0, 0.1) is 0 Å². The average molecular weight is 399 g/mol. The average Bonchev–Trinajstić information content (AvgIpc) is 3.03. The molecule has 2 aromatic rings. The standard InChI is InChI=1S/C21H29N5O3/c1-21(2,3)29-18-13-15(19(18)26-9-4-8-23-26)25-20(22)24-14-6-7-16-17(12-14)28-11-5-10-27-16/h4,6-9,12,15,18-19H,5,10-11,13H2,1-3H3,(H3,22,24,25). The Hall–Kier alpha value is -2.74. The molecule has 0 saturated heterocycles. The Morgan fingerprint density at radius 2 is 2.07 bits per heavy atom. The molecular formula is C21H29N5O3. The topological polar surface area (TPSA) is 95.9 Å². The molecule has 156 valence electrons. The number of guanidine groups is 1. The number of hydrogen-bond donors (Lipinski definition) is 2. The fourth-order valence-electron chi connectivity index (χ4n) is 3.67.